The molecule has 0 fully saturated rings. The molecule has 68 valence electrons. The molecule has 0 aliphatic rings. The second kappa shape index (κ2) is 3.97. The molecule has 0 aliphatic carbocycles. The van der Waals surface area contributed by atoms with Crippen LogP contribution in [0.15, 0.2) is 34.9 Å². The standard InChI is InChI=1S/C11H11BrO/c12-6-1-2-9-3-4-11-10(8-9)5-7-13-11/h3-5,7-8H,1-2,6H2. The lowest BCUT2D eigenvalue weighted by atomic mass is 10.1. The van der Waals surface area contributed by atoms with Gasteiger partial charge in [-0.15, -0.1) is 0 Å². The van der Waals surface area contributed by atoms with Crippen LogP contribution in [0, 0.1) is 0 Å². The first-order valence-electron chi connectivity index (χ1n) is 4.42. The highest BCUT2D eigenvalue weighted by atomic mass is 79.9. The van der Waals surface area contributed by atoms with Crippen LogP contribution in [0.5, 0.6) is 0 Å². The second-order valence-electron chi connectivity index (χ2n) is 3.09. The molecule has 0 radical (unpaired) electrons. The Labute approximate surface area is 85.9 Å². The minimum atomic E-state index is 0.975. The Kier molecular flexibility index (Phi) is 2.69. The van der Waals surface area contributed by atoms with E-state index in [0.717, 1.165) is 17.3 Å². The molecule has 0 aliphatic heterocycles. The fourth-order valence-electron chi connectivity index (χ4n) is 1.44. The molecule has 0 atom stereocenters. The van der Waals surface area contributed by atoms with Crippen molar-refractivity contribution in [3.05, 3.63) is 36.1 Å². The van der Waals surface area contributed by atoms with E-state index in [9.17, 15) is 0 Å². The van der Waals surface area contributed by atoms with Gasteiger partial charge >= 0.3 is 0 Å². The van der Waals surface area contributed by atoms with Gasteiger partial charge in [0.25, 0.3) is 0 Å². The molecule has 0 saturated heterocycles. The van der Waals surface area contributed by atoms with Gasteiger partial charge in [-0.2, -0.15) is 0 Å². The van der Waals surface area contributed by atoms with E-state index >= 15 is 0 Å². The van der Waals surface area contributed by atoms with Crippen molar-refractivity contribution in [3.8, 4) is 0 Å². The van der Waals surface area contributed by atoms with Crippen LogP contribution in [-0.4, -0.2) is 5.33 Å². The zero-order valence-corrected chi connectivity index (χ0v) is 8.88. The average molecular weight is 239 g/mol. The highest BCUT2D eigenvalue weighted by molar-refractivity contribution is 9.09. The van der Waals surface area contributed by atoms with Crippen molar-refractivity contribution in [1.29, 1.82) is 0 Å². The monoisotopic (exact) mass is 238 g/mol. The predicted octanol–water partition coefficient (Wildman–Crippen LogP) is 3.76. The van der Waals surface area contributed by atoms with E-state index in [0.29, 0.717) is 0 Å². The molecule has 0 bridgehead atoms. The van der Waals surface area contributed by atoms with Crippen molar-refractivity contribution in [2.45, 2.75) is 12.8 Å². The summed E-state index contributed by atoms with van der Waals surface area (Å²) in [5.74, 6) is 0. The van der Waals surface area contributed by atoms with Crippen LogP contribution in [0.3, 0.4) is 0 Å². The molecule has 2 heteroatoms. The molecule has 2 rings (SSSR count). The summed E-state index contributed by atoms with van der Waals surface area (Å²) in [5.41, 5.74) is 2.36. The number of halogens is 1. The molecule has 1 nitrogen and oxygen atoms in total. The van der Waals surface area contributed by atoms with Crippen LogP contribution in [0.1, 0.15) is 12.0 Å². The van der Waals surface area contributed by atoms with Crippen LogP contribution in [-0.2, 0) is 6.42 Å². The number of benzene rings is 1. The quantitative estimate of drug-likeness (QED) is 0.743. The van der Waals surface area contributed by atoms with Gasteiger partial charge in [0, 0.05) is 10.7 Å². The summed E-state index contributed by atoms with van der Waals surface area (Å²) in [6, 6.07) is 8.38. The number of alkyl halides is 1. The van der Waals surface area contributed by atoms with Crippen molar-refractivity contribution in [2.24, 2.45) is 0 Å². The van der Waals surface area contributed by atoms with Crippen molar-refractivity contribution in [2.75, 3.05) is 5.33 Å². The maximum absolute atomic E-state index is 5.27. The number of furan rings is 1. The molecule has 1 aromatic carbocycles. The van der Waals surface area contributed by atoms with Crippen LogP contribution in [0.2, 0.25) is 0 Å². The van der Waals surface area contributed by atoms with Crippen LogP contribution >= 0.6 is 15.9 Å². The van der Waals surface area contributed by atoms with E-state index in [1.165, 1.54) is 17.4 Å². The summed E-state index contributed by atoms with van der Waals surface area (Å²) in [7, 11) is 0. The topological polar surface area (TPSA) is 13.1 Å². The summed E-state index contributed by atoms with van der Waals surface area (Å²) in [6.45, 7) is 0. The Morgan fingerprint density at radius 3 is 3.00 bits per heavy atom. The molecule has 0 amide bonds. The minimum Gasteiger partial charge on any atom is -0.464 e. The van der Waals surface area contributed by atoms with Crippen LogP contribution in [0.4, 0.5) is 0 Å². The third kappa shape index (κ3) is 1.94. The Balaban J connectivity index is 2.26. The Morgan fingerprint density at radius 1 is 1.23 bits per heavy atom. The van der Waals surface area contributed by atoms with E-state index in [-0.39, 0.29) is 0 Å². The maximum atomic E-state index is 5.27. The summed E-state index contributed by atoms with van der Waals surface area (Å²) in [6.07, 6.45) is 4.05. The smallest absolute Gasteiger partial charge is 0.133 e. The number of hydrogen-bond donors (Lipinski definition) is 0. The largest absolute Gasteiger partial charge is 0.464 e. The number of fused-ring (bicyclic) bond motifs is 1. The highest BCUT2D eigenvalue weighted by Crippen LogP contribution is 2.17. The Bertz CT molecular complexity index is 392. The van der Waals surface area contributed by atoms with E-state index in [2.05, 4.69) is 28.1 Å². The summed E-state index contributed by atoms with van der Waals surface area (Å²) >= 11 is 3.43. The fourth-order valence-corrected chi connectivity index (χ4v) is 1.72. The minimum absolute atomic E-state index is 0.975. The van der Waals surface area contributed by atoms with Crippen LogP contribution in [0.25, 0.3) is 11.0 Å². The van der Waals surface area contributed by atoms with Gasteiger partial charge in [-0.3, -0.25) is 0 Å². The van der Waals surface area contributed by atoms with E-state index in [1.807, 2.05) is 12.1 Å². The van der Waals surface area contributed by atoms with Gasteiger partial charge in [0.1, 0.15) is 5.58 Å². The SMILES string of the molecule is BrCCCc1ccc2occc2c1. The third-order valence-corrected chi connectivity index (χ3v) is 2.68. The van der Waals surface area contributed by atoms with E-state index in [1.54, 1.807) is 6.26 Å². The van der Waals surface area contributed by atoms with Gasteiger partial charge in [-0.25, -0.2) is 0 Å². The van der Waals surface area contributed by atoms with Gasteiger partial charge in [0.05, 0.1) is 6.26 Å². The lowest BCUT2D eigenvalue weighted by Gasteiger charge is -1.98. The lowest BCUT2D eigenvalue weighted by Crippen LogP contribution is -1.84. The molecular formula is C11H11BrO. The molecule has 2 aromatic rings. The van der Waals surface area contributed by atoms with E-state index in [4.69, 9.17) is 4.42 Å². The molecule has 1 aromatic heterocycles. The zero-order chi connectivity index (χ0) is 9.10. The molecule has 0 saturated carbocycles. The summed E-state index contributed by atoms with van der Waals surface area (Å²) < 4.78 is 5.27. The molecule has 0 unspecified atom stereocenters. The number of aryl methyl sites for hydroxylation is 1. The van der Waals surface area contributed by atoms with Crippen molar-refractivity contribution < 1.29 is 4.42 Å². The second-order valence-corrected chi connectivity index (χ2v) is 3.88. The lowest BCUT2D eigenvalue weighted by molar-refractivity contribution is 0.616. The van der Waals surface area contributed by atoms with Gasteiger partial charge in [0.15, 0.2) is 0 Å². The highest BCUT2D eigenvalue weighted by Gasteiger charge is 1.97. The van der Waals surface area contributed by atoms with Crippen molar-refractivity contribution in [3.63, 3.8) is 0 Å². The van der Waals surface area contributed by atoms with Gasteiger partial charge in [0.2, 0.25) is 0 Å². The molecular weight excluding hydrogens is 228 g/mol. The first-order chi connectivity index (χ1) is 6.40. The Hall–Kier alpha value is -0.760. The van der Waals surface area contributed by atoms with Crippen LogP contribution < -0.4 is 0 Å². The van der Waals surface area contributed by atoms with Crippen molar-refractivity contribution in [1.82, 2.24) is 0 Å². The first-order valence-corrected chi connectivity index (χ1v) is 5.54. The molecule has 1 heterocycles. The predicted molar refractivity (Wildman–Crippen MR) is 58.3 cm³/mol. The number of rotatable bonds is 3. The van der Waals surface area contributed by atoms with Gasteiger partial charge in [-0.1, -0.05) is 22.0 Å². The van der Waals surface area contributed by atoms with Gasteiger partial charge in [-0.05, 0) is 36.6 Å². The average Bonchev–Trinajstić information content (AvgIpc) is 2.61. The molecule has 13 heavy (non-hydrogen) atoms. The number of hydrogen-bond acceptors (Lipinski definition) is 1. The third-order valence-electron chi connectivity index (χ3n) is 2.12. The normalized spacial score (nSPS) is 10.8. The van der Waals surface area contributed by atoms with Crippen molar-refractivity contribution >= 4 is 26.9 Å². The molecule has 0 N–H and O–H groups in total. The molecule has 0 spiro atoms. The maximum Gasteiger partial charge on any atom is 0.133 e. The van der Waals surface area contributed by atoms with Gasteiger partial charge < -0.3 is 4.42 Å². The fraction of sp³-hybridized carbons (Fsp3) is 0.273. The van der Waals surface area contributed by atoms with E-state index < -0.39 is 0 Å². The zero-order valence-electron chi connectivity index (χ0n) is 7.29. The first kappa shape index (κ1) is 8.82. The Morgan fingerprint density at radius 2 is 2.15 bits per heavy atom. The summed E-state index contributed by atoms with van der Waals surface area (Å²) in [4.78, 5) is 0. The summed E-state index contributed by atoms with van der Waals surface area (Å²) in [5, 5.41) is 2.27.